The molecule has 0 amide bonds. The van der Waals surface area contributed by atoms with Gasteiger partial charge < -0.3 is 14.4 Å². The van der Waals surface area contributed by atoms with E-state index in [0.29, 0.717) is 5.56 Å². The first-order chi connectivity index (χ1) is 12.1. The SMILES string of the molecule is COC(=O)/C=C/c1cccc(N2Cc3ccc(C(=O)OC)cc3C2)c1. The summed E-state index contributed by atoms with van der Waals surface area (Å²) in [5, 5.41) is 0. The molecule has 0 N–H and O–H groups in total. The topological polar surface area (TPSA) is 55.8 Å². The Kier molecular flexibility index (Phi) is 4.84. The van der Waals surface area contributed by atoms with Gasteiger partial charge in [0.05, 0.1) is 19.8 Å². The van der Waals surface area contributed by atoms with E-state index in [-0.39, 0.29) is 11.9 Å². The molecule has 128 valence electrons. The quantitative estimate of drug-likeness (QED) is 0.633. The molecule has 1 aliphatic heterocycles. The van der Waals surface area contributed by atoms with Gasteiger partial charge in [-0.25, -0.2) is 9.59 Å². The van der Waals surface area contributed by atoms with Crippen molar-refractivity contribution in [2.75, 3.05) is 19.1 Å². The molecule has 5 heteroatoms. The summed E-state index contributed by atoms with van der Waals surface area (Å²) in [7, 11) is 2.74. The van der Waals surface area contributed by atoms with Crippen LogP contribution >= 0.6 is 0 Å². The Morgan fingerprint density at radius 3 is 2.56 bits per heavy atom. The largest absolute Gasteiger partial charge is 0.466 e. The lowest BCUT2D eigenvalue weighted by atomic mass is 10.1. The fourth-order valence-corrected chi connectivity index (χ4v) is 2.88. The zero-order valence-electron chi connectivity index (χ0n) is 14.2. The molecule has 2 aromatic carbocycles. The fourth-order valence-electron chi connectivity index (χ4n) is 2.88. The number of fused-ring (bicyclic) bond motifs is 1. The van der Waals surface area contributed by atoms with Gasteiger partial charge in [-0.15, -0.1) is 0 Å². The average molecular weight is 337 g/mol. The van der Waals surface area contributed by atoms with Gasteiger partial charge in [-0.3, -0.25) is 0 Å². The number of methoxy groups -OCH3 is 2. The molecule has 0 fully saturated rings. The number of rotatable bonds is 4. The first-order valence-electron chi connectivity index (χ1n) is 7.92. The molecule has 1 heterocycles. The summed E-state index contributed by atoms with van der Waals surface area (Å²) in [5.74, 6) is -0.703. The van der Waals surface area contributed by atoms with Crippen LogP contribution in [-0.4, -0.2) is 26.2 Å². The number of hydrogen-bond acceptors (Lipinski definition) is 5. The van der Waals surface area contributed by atoms with Crippen LogP contribution < -0.4 is 4.90 Å². The number of anilines is 1. The molecule has 0 unspecified atom stereocenters. The Balaban J connectivity index is 1.79. The summed E-state index contributed by atoms with van der Waals surface area (Å²) < 4.78 is 9.39. The van der Waals surface area contributed by atoms with Crippen LogP contribution in [0.2, 0.25) is 0 Å². The van der Waals surface area contributed by atoms with Gasteiger partial charge in [0.25, 0.3) is 0 Å². The maximum Gasteiger partial charge on any atom is 0.337 e. The van der Waals surface area contributed by atoms with Gasteiger partial charge in [0.2, 0.25) is 0 Å². The molecule has 0 aliphatic carbocycles. The molecular weight excluding hydrogens is 318 g/mol. The van der Waals surface area contributed by atoms with Crippen molar-refractivity contribution in [3.05, 3.63) is 70.8 Å². The lowest BCUT2D eigenvalue weighted by Crippen LogP contribution is -2.14. The normalized spacial score (nSPS) is 13.0. The van der Waals surface area contributed by atoms with E-state index < -0.39 is 0 Å². The second kappa shape index (κ2) is 7.21. The van der Waals surface area contributed by atoms with Gasteiger partial charge in [0, 0.05) is 24.9 Å². The molecule has 0 atom stereocenters. The van der Waals surface area contributed by atoms with Gasteiger partial charge in [-0.05, 0) is 47.0 Å². The highest BCUT2D eigenvalue weighted by Gasteiger charge is 2.21. The van der Waals surface area contributed by atoms with Crippen LogP contribution in [0.4, 0.5) is 5.69 Å². The van der Waals surface area contributed by atoms with Crippen LogP contribution in [0.3, 0.4) is 0 Å². The molecular formula is C20H19NO4. The van der Waals surface area contributed by atoms with Crippen molar-refractivity contribution in [1.29, 1.82) is 0 Å². The maximum atomic E-state index is 11.7. The molecule has 0 saturated carbocycles. The minimum absolute atomic E-state index is 0.323. The zero-order valence-corrected chi connectivity index (χ0v) is 14.2. The van der Waals surface area contributed by atoms with Gasteiger partial charge in [-0.1, -0.05) is 18.2 Å². The second-order valence-corrected chi connectivity index (χ2v) is 5.78. The fraction of sp³-hybridized carbons (Fsp3) is 0.200. The molecule has 0 radical (unpaired) electrons. The Bertz CT molecular complexity index is 841. The third kappa shape index (κ3) is 3.71. The minimum Gasteiger partial charge on any atom is -0.466 e. The number of carbonyl (C=O) groups excluding carboxylic acids is 2. The molecule has 0 bridgehead atoms. The van der Waals surface area contributed by atoms with Crippen molar-refractivity contribution in [3.8, 4) is 0 Å². The number of carbonyl (C=O) groups is 2. The van der Waals surface area contributed by atoms with E-state index in [0.717, 1.165) is 29.9 Å². The van der Waals surface area contributed by atoms with Gasteiger partial charge in [0.1, 0.15) is 0 Å². The number of benzene rings is 2. The van der Waals surface area contributed by atoms with Crippen molar-refractivity contribution in [3.63, 3.8) is 0 Å². The Hall–Kier alpha value is -3.08. The standard InChI is InChI=1S/C20H19NO4/c1-24-19(22)9-6-14-4-3-5-18(10-14)21-12-16-8-7-15(20(23)25-2)11-17(16)13-21/h3-11H,12-13H2,1-2H3/b9-6+. The third-order valence-corrected chi connectivity index (χ3v) is 4.20. The van der Waals surface area contributed by atoms with Crippen molar-refractivity contribution in [2.24, 2.45) is 0 Å². The van der Waals surface area contributed by atoms with Crippen LogP contribution in [0.15, 0.2) is 48.5 Å². The number of esters is 2. The highest BCUT2D eigenvalue weighted by Crippen LogP contribution is 2.29. The van der Waals surface area contributed by atoms with Crippen molar-refractivity contribution >= 4 is 23.7 Å². The lowest BCUT2D eigenvalue weighted by Gasteiger charge is -2.18. The summed E-state index contributed by atoms with van der Waals surface area (Å²) in [4.78, 5) is 25.1. The van der Waals surface area contributed by atoms with E-state index in [9.17, 15) is 9.59 Å². The summed E-state index contributed by atoms with van der Waals surface area (Å²) in [6, 6.07) is 13.6. The zero-order chi connectivity index (χ0) is 17.8. The molecule has 3 rings (SSSR count). The number of nitrogens with zero attached hydrogens (tertiary/aromatic N) is 1. The van der Waals surface area contributed by atoms with Crippen molar-refractivity contribution in [1.82, 2.24) is 0 Å². The Morgan fingerprint density at radius 2 is 1.80 bits per heavy atom. The average Bonchev–Trinajstić information content (AvgIpc) is 3.09. The first kappa shape index (κ1) is 16.8. The molecule has 0 spiro atoms. The number of ether oxygens (including phenoxy) is 2. The molecule has 5 nitrogen and oxygen atoms in total. The van der Waals surface area contributed by atoms with Crippen LogP contribution in [0.1, 0.15) is 27.0 Å². The van der Waals surface area contributed by atoms with E-state index in [2.05, 4.69) is 9.64 Å². The molecule has 0 aromatic heterocycles. The molecule has 1 aliphatic rings. The predicted octanol–water partition coefficient (Wildman–Crippen LogP) is 3.18. The van der Waals surface area contributed by atoms with Crippen LogP contribution in [0, 0.1) is 0 Å². The van der Waals surface area contributed by atoms with Crippen molar-refractivity contribution in [2.45, 2.75) is 13.1 Å². The smallest absolute Gasteiger partial charge is 0.337 e. The summed E-state index contributed by atoms with van der Waals surface area (Å²) in [5.41, 5.74) is 4.87. The third-order valence-electron chi connectivity index (χ3n) is 4.20. The highest BCUT2D eigenvalue weighted by atomic mass is 16.5. The van der Waals surface area contributed by atoms with Gasteiger partial charge >= 0.3 is 11.9 Å². The van der Waals surface area contributed by atoms with Crippen molar-refractivity contribution < 1.29 is 19.1 Å². The second-order valence-electron chi connectivity index (χ2n) is 5.78. The summed E-state index contributed by atoms with van der Waals surface area (Å²) in [6.45, 7) is 1.51. The number of hydrogen-bond donors (Lipinski definition) is 0. The molecule has 0 saturated heterocycles. The van der Waals surface area contributed by atoms with E-state index in [1.165, 1.54) is 25.9 Å². The Labute approximate surface area is 146 Å². The Morgan fingerprint density at radius 1 is 1.00 bits per heavy atom. The van der Waals surface area contributed by atoms with Crippen LogP contribution in [-0.2, 0) is 27.4 Å². The predicted molar refractivity (Wildman–Crippen MR) is 95.2 cm³/mol. The first-order valence-corrected chi connectivity index (χ1v) is 7.92. The highest BCUT2D eigenvalue weighted by molar-refractivity contribution is 5.89. The van der Waals surface area contributed by atoms with Gasteiger partial charge in [0.15, 0.2) is 0 Å². The van der Waals surface area contributed by atoms with E-state index >= 15 is 0 Å². The van der Waals surface area contributed by atoms with Crippen LogP contribution in [0.25, 0.3) is 6.08 Å². The van der Waals surface area contributed by atoms with E-state index in [1.54, 1.807) is 12.1 Å². The maximum absolute atomic E-state index is 11.7. The summed E-state index contributed by atoms with van der Waals surface area (Å²) >= 11 is 0. The van der Waals surface area contributed by atoms with E-state index in [1.807, 2.05) is 36.4 Å². The minimum atomic E-state index is -0.380. The molecule has 2 aromatic rings. The lowest BCUT2D eigenvalue weighted by molar-refractivity contribution is -0.134. The van der Waals surface area contributed by atoms with Gasteiger partial charge in [-0.2, -0.15) is 0 Å². The monoisotopic (exact) mass is 337 g/mol. The summed E-state index contributed by atoms with van der Waals surface area (Å²) in [6.07, 6.45) is 3.13. The van der Waals surface area contributed by atoms with E-state index in [4.69, 9.17) is 4.74 Å². The van der Waals surface area contributed by atoms with Crippen LogP contribution in [0.5, 0.6) is 0 Å². The molecule has 25 heavy (non-hydrogen) atoms.